The molecule has 0 saturated carbocycles. The van der Waals surface area contributed by atoms with Crippen molar-refractivity contribution in [1.82, 2.24) is 5.32 Å². The van der Waals surface area contributed by atoms with Crippen LogP contribution in [0.25, 0.3) is 0 Å². The van der Waals surface area contributed by atoms with Crippen LogP contribution in [-0.4, -0.2) is 34.7 Å². The highest BCUT2D eigenvalue weighted by Gasteiger charge is 2.23. The summed E-state index contributed by atoms with van der Waals surface area (Å²) < 4.78 is 0. The molecular formula is C13H16N2O4S2. The Bertz CT molecular complexity index is 547. The SMILES string of the molecule is NC(=O)CC[C@H](NC(=O)c1cc2c(s1)CCSC2)C(=O)O. The minimum atomic E-state index is -1.17. The Morgan fingerprint density at radius 2 is 2.19 bits per heavy atom. The number of amides is 2. The second-order valence-corrected chi connectivity index (χ2v) is 6.97. The first kappa shape index (κ1) is 15.8. The molecule has 21 heavy (non-hydrogen) atoms. The van der Waals surface area contributed by atoms with Gasteiger partial charge in [0.05, 0.1) is 4.88 Å². The Balaban J connectivity index is 2.02. The molecule has 0 unspecified atom stereocenters. The van der Waals surface area contributed by atoms with E-state index < -0.39 is 23.8 Å². The van der Waals surface area contributed by atoms with E-state index in [0.717, 1.165) is 23.5 Å². The number of aliphatic carboxylic acids is 1. The van der Waals surface area contributed by atoms with Crippen LogP contribution < -0.4 is 11.1 Å². The Kier molecular flexibility index (Phi) is 5.24. The molecule has 2 amide bonds. The Morgan fingerprint density at radius 3 is 2.81 bits per heavy atom. The number of carbonyl (C=O) groups is 3. The average molecular weight is 328 g/mol. The maximum atomic E-state index is 12.1. The molecule has 0 saturated heterocycles. The third-order valence-corrected chi connectivity index (χ3v) is 5.38. The summed E-state index contributed by atoms with van der Waals surface area (Å²) in [5.74, 6) is -0.217. The standard InChI is InChI=1S/C13H16N2O4S2/c14-11(16)2-1-8(13(18)19)15-12(17)10-5-7-6-20-4-3-9(7)21-10/h5,8H,1-4,6H2,(H2,14,16)(H,15,17)(H,18,19)/t8-/m0/s1. The fourth-order valence-electron chi connectivity index (χ4n) is 2.03. The van der Waals surface area contributed by atoms with Gasteiger partial charge in [-0.15, -0.1) is 11.3 Å². The third-order valence-electron chi connectivity index (χ3n) is 3.13. The number of carbonyl (C=O) groups excluding carboxylic acids is 2. The second-order valence-electron chi connectivity index (χ2n) is 4.73. The van der Waals surface area contributed by atoms with Crippen molar-refractivity contribution < 1.29 is 19.5 Å². The molecule has 2 heterocycles. The summed E-state index contributed by atoms with van der Waals surface area (Å²) in [5, 5.41) is 11.5. The molecule has 0 aliphatic carbocycles. The largest absolute Gasteiger partial charge is 0.480 e. The zero-order chi connectivity index (χ0) is 15.4. The Labute approximate surface area is 130 Å². The molecule has 1 atom stereocenters. The number of hydrogen-bond donors (Lipinski definition) is 3. The van der Waals surface area contributed by atoms with E-state index in [4.69, 9.17) is 10.8 Å². The van der Waals surface area contributed by atoms with Crippen LogP contribution in [0.3, 0.4) is 0 Å². The van der Waals surface area contributed by atoms with Gasteiger partial charge in [-0.3, -0.25) is 9.59 Å². The van der Waals surface area contributed by atoms with Crippen molar-refractivity contribution in [2.75, 3.05) is 5.75 Å². The van der Waals surface area contributed by atoms with E-state index in [1.165, 1.54) is 16.2 Å². The minimum absolute atomic E-state index is 0.00263. The van der Waals surface area contributed by atoms with Gasteiger partial charge in [0.1, 0.15) is 6.04 Å². The van der Waals surface area contributed by atoms with Gasteiger partial charge in [0.15, 0.2) is 0 Å². The fourth-order valence-corrected chi connectivity index (χ4v) is 4.31. The molecule has 1 aliphatic rings. The Hall–Kier alpha value is -1.54. The predicted octanol–water partition coefficient (Wildman–Crippen LogP) is 0.986. The van der Waals surface area contributed by atoms with Crippen LogP contribution in [0.15, 0.2) is 6.07 Å². The summed E-state index contributed by atoms with van der Waals surface area (Å²) in [6.45, 7) is 0. The number of fused-ring (bicyclic) bond motifs is 1. The molecule has 0 bridgehead atoms. The van der Waals surface area contributed by atoms with E-state index in [9.17, 15) is 14.4 Å². The van der Waals surface area contributed by atoms with Gasteiger partial charge in [-0.1, -0.05) is 0 Å². The van der Waals surface area contributed by atoms with Crippen LogP contribution >= 0.6 is 23.1 Å². The highest BCUT2D eigenvalue weighted by molar-refractivity contribution is 7.98. The van der Waals surface area contributed by atoms with Crippen molar-refractivity contribution in [2.45, 2.75) is 31.1 Å². The molecule has 0 fully saturated rings. The molecule has 6 nitrogen and oxygen atoms in total. The lowest BCUT2D eigenvalue weighted by molar-refractivity contribution is -0.139. The number of thioether (sulfide) groups is 1. The normalized spacial score (nSPS) is 15.0. The fraction of sp³-hybridized carbons (Fsp3) is 0.462. The number of aryl methyl sites for hydroxylation is 1. The molecule has 1 aromatic rings. The monoisotopic (exact) mass is 328 g/mol. The van der Waals surface area contributed by atoms with Crippen LogP contribution in [0.5, 0.6) is 0 Å². The van der Waals surface area contributed by atoms with Gasteiger partial charge in [-0.05, 0) is 30.2 Å². The van der Waals surface area contributed by atoms with E-state index in [1.54, 1.807) is 0 Å². The lowest BCUT2D eigenvalue weighted by atomic mass is 10.1. The van der Waals surface area contributed by atoms with Crippen molar-refractivity contribution in [1.29, 1.82) is 0 Å². The zero-order valence-electron chi connectivity index (χ0n) is 11.3. The van der Waals surface area contributed by atoms with Crippen molar-refractivity contribution in [3.05, 3.63) is 21.4 Å². The summed E-state index contributed by atoms with van der Waals surface area (Å²) in [4.78, 5) is 35.7. The van der Waals surface area contributed by atoms with Gasteiger partial charge in [-0.25, -0.2) is 4.79 Å². The van der Waals surface area contributed by atoms with Gasteiger partial charge < -0.3 is 16.2 Å². The number of thiophene rings is 1. The molecule has 1 aromatic heterocycles. The summed E-state index contributed by atoms with van der Waals surface area (Å²) in [6.07, 6.45) is 0.869. The van der Waals surface area contributed by atoms with Gasteiger partial charge in [0.25, 0.3) is 5.91 Å². The highest BCUT2D eigenvalue weighted by atomic mass is 32.2. The second kappa shape index (κ2) is 6.95. The first-order chi connectivity index (χ1) is 9.97. The lowest BCUT2D eigenvalue weighted by Crippen LogP contribution is -2.41. The van der Waals surface area contributed by atoms with E-state index in [-0.39, 0.29) is 12.8 Å². The molecular weight excluding hydrogens is 312 g/mol. The molecule has 1 aliphatic heterocycles. The van der Waals surface area contributed by atoms with Crippen molar-refractivity contribution >= 4 is 40.9 Å². The first-order valence-corrected chi connectivity index (χ1v) is 8.46. The van der Waals surface area contributed by atoms with Gasteiger partial charge in [0, 0.05) is 17.1 Å². The van der Waals surface area contributed by atoms with Crippen LogP contribution in [0.4, 0.5) is 0 Å². The molecule has 0 aromatic carbocycles. The topological polar surface area (TPSA) is 109 Å². The number of carboxylic acids is 1. The first-order valence-electron chi connectivity index (χ1n) is 6.48. The van der Waals surface area contributed by atoms with Gasteiger partial charge >= 0.3 is 5.97 Å². The van der Waals surface area contributed by atoms with Crippen LogP contribution in [0.1, 0.15) is 33.0 Å². The van der Waals surface area contributed by atoms with Crippen molar-refractivity contribution in [3.63, 3.8) is 0 Å². The van der Waals surface area contributed by atoms with Crippen LogP contribution in [0.2, 0.25) is 0 Å². The summed E-state index contributed by atoms with van der Waals surface area (Å²) in [5.41, 5.74) is 6.16. The van der Waals surface area contributed by atoms with E-state index in [1.807, 2.05) is 17.8 Å². The number of hydrogen-bond acceptors (Lipinski definition) is 5. The molecule has 4 N–H and O–H groups in total. The molecule has 2 rings (SSSR count). The number of nitrogens with one attached hydrogen (secondary N) is 1. The quantitative estimate of drug-likeness (QED) is 0.721. The zero-order valence-corrected chi connectivity index (χ0v) is 12.9. The predicted molar refractivity (Wildman–Crippen MR) is 81.5 cm³/mol. The van der Waals surface area contributed by atoms with Crippen LogP contribution in [0, 0.1) is 0 Å². The van der Waals surface area contributed by atoms with Gasteiger partial charge in [0.2, 0.25) is 5.91 Å². The smallest absolute Gasteiger partial charge is 0.326 e. The van der Waals surface area contributed by atoms with E-state index >= 15 is 0 Å². The summed E-state index contributed by atoms with van der Waals surface area (Å²) in [7, 11) is 0. The average Bonchev–Trinajstić information content (AvgIpc) is 2.86. The number of rotatable bonds is 6. The number of carboxylic acid groups (broad SMARTS) is 1. The lowest BCUT2D eigenvalue weighted by Gasteiger charge is -2.12. The molecule has 0 radical (unpaired) electrons. The third kappa shape index (κ3) is 4.21. The maximum Gasteiger partial charge on any atom is 0.326 e. The highest BCUT2D eigenvalue weighted by Crippen LogP contribution is 2.31. The van der Waals surface area contributed by atoms with Gasteiger partial charge in [-0.2, -0.15) is 11.8 Å². The van der Waals surface area contributed by atoms with Crippen molar-refractivity contribution in [3.8, 4) is 0 Å². The minimum Gasteiger partial charge on any atom is -0.480 e. The molecule has 0 spiro atoms. The van der Waals surface area contributed by atoms with E-state index in [2.05, 4.69) is 5.32 Å². The summed E-state index contributed by atoms with van der Waals surface area (Å²) >= 11 is 3.23. The van der Waals surface area contributed by atoms with Crippen molar-refractivity contribution in [2.24, 2.45) is 5.73 Å². The van der Waals surface area contributed by atoms with Crippen LogP contribution in [-0.2, 0) is 21.8 Å². The summed E-state index contributed by atoms with van der Waals surface area (Å²) in [6, 6.07) is 0.729. The maximum absolute atomic E-state index is 12.1. The Morgan fingerprint density at radius 1 is 1.43 bits per heavy atom. The number of nitrogens with two attached hydrogens (primary N) is 1. The molecule has 8 heteroatoms. The molecule has 114 valence electrons. The number of primary amides is 1. The van der Waals surface area contributed by atoms with E-state index in [0.29, 0.717) is 4.88 Å².